The van der Waals surface area contributed by atoms with E-state index in [1.807, 2.05) is 0 Å². The number of benzene rings is 1. The molecule has 132 valence electrons. The van der Waals surface area contributed by atoms with Gasteiger partial charge in [0.15, 0.2) is 0 Å². The molecule has 0 atom stereocenters. The zero-order valence-corrected chi connectivity index (χ0v) is 14.4. The zero-order chi connectivity index (χ0) is 17.6. The van der Waals surface area contributed by atoms with Crippen LogP contribution in [0.15, 0.2) is 39.5 Å². The number of hydrogen-bond acceptors (Lipinski definition) is 5. The summed E-state index contributed by atoms with van der Waals surface area (Å²) in [4.78, 5) is 26.3. The molecule has 2 aliphatic rings. The largest absolute Gasteiger partial charge is 0.422 e. The molecule has 2 fully saturated rings. The molecular weight excluding hydrogens is 344 g/mol. The highest BCUT2D eigenvalue weighted by Crippen LogP contribution is 2.31. The second-order valence-electron chi connectivity index (χ2n) is 6.42. The first kappa shape index (κ1) is 16.3. The highest BCUT2D eigenvalue weighted by molar-refractivity contribution is 7.90. The second-order valence-corrected chi connectivity index (χ2v) is 8.63. The second kappa shape index (κ2) is 5.96. The predicted molar refractivity (Wildman–Crippen MR) is 91.9 cm³/mol. The summed E-state index contributed by atoms with van der Waals surface area (Å²) >= 11 is 0. The van der Waals surface area contributed by atoms with Gasteiger partial charge in [-0.25, -0.2) is 13.2 Å². The van der Waals surface area contributed by atoms with Gasteiger partial charge >= 0.3 is 5.63 Å². The third-order valence-electron chi connectivity index (χ3n) is 4.70. The van der Waals surface area contributed by atoms with Crippen molar-refractivity contribution in [2.75, 3.05) is 26.2 Å². The summed E-state index contributed by atoms with van der Waals surface area (Å²) in [6.45, 7) is 1.08. The van der Waals surface area contributed by atoms with Crippen molar-refractivity contribution in [1.82, 2.24) is 9.21 Å². The van der Waals surface area contributed by atoms with E-state index in [0.717, 1.165) is 12.8 Å². The first-order valence-electron chi connectivity index (χ1n) is 8.28. The summed E-state index contributed by atoms with van der Waals surface area (Å²) < 4.78 is 31.2. The summed E-state index contributed by atoms with van der Waals surface area (Å²) in [5.41, 5.74) is -0.252. The molecule has 2 aromatic rings. The SMILES string of the molecule is O=C(c1cc2ccccc2oc1=O)N1CCN(S(=O)(=O)C2CC2)CC1. The fourth-order valence-electron chi connectivity index (χ4n) is 3.10. The van der Waals surface area contributed by atoms with Crippen LogP contribution >= 0.6 is 0 Å². The maximum absolute atomic E-state index is 12.7. The number of fused-ring (bicyclic) bond motifs is 1. The van der Waals surface area contributed by atoms with E-state index in [1.165, 1.54) is 15.3 Å². The fourth-order valence-corrected chi connectivity index (χ4v) is 4.93. The molecule has 0 bridgehead atoms. The topological polar surface area (TPSA) is 87.9 Å². The van der Waals surface area contributed by atoms with Crippen LogP contribution in [0.5, 0.6) is 0 Å². The van der Waals surface area contributed by atoms with Gasteiger partial charge in [0.2, 0.25) is 10.0 Å². The van der Waals surface area contributed by atoms with Crippen LogP contribution < -0.4 is 5.63 Å². The molecule has 1 aliphatic carbocycles. The average Bonchev–Trinajstić information content (AvgIpc) is 3.46. The molecule has 1 saturated carbocycles. The Kier molecular flexibility index (Phi) is 3.88. The van der Waals surface area contributed by atoms with E-state index in [2.05, 4.69) is 0 Å². The Balaban J connectivity index is 1.53. The van der Waals surface area contributed by atoms with Crippen LogP contribution in [0.1, 0.15) is 23.2 Å². The Hall–Kier alpha value is -2.19. The molecule has 1 saturated heterocycles. The Labute approximate surface area is 144 Å². The van der Waals surface area contributed by atoms with E-state index in [4.69, 9.17) is 4.42 Å². The molecule has 1 aromatic heterocycles. The molecule has 0 unspecified atom stereocenters. The summed E-state index contributed by atoms with van der Waals surface area (Å²) in [6, 6.07) is 8.54. The number of sulfonamides is 1. The Morgan fingerprint density at radius 1 is 1.08 bits per heavy atom. The standard InChI is InChI=1S/C17H18N2O5S/c20-16(14-11-12-3-1-2-4-15(12)24-17(14)21)18-7-9-19(10-8-18)25(22,23)13-5-6-13/h1-4,11,13H,5-10H2. The van der Waals surface area contributed by atoms with Gasteiger partial charge < -0.3 is 9.32 Å². The molecule has 0 radical (unpaired) electrons. The Bertz CT molecular complexity index is 986. The smallest absolute Gasteiger partial charge is 0.349 e. The van der Waals surface area contributed by atoms with E-state index < -0.39 is 21.6 Å². The van der Waals surface area contributed by atoms with Crippen LogP contribution in [0.3, 0.4) is 0 Å². The van der Waals surface area contributed by atoms with Gasteiger partial charge in [0.1, 0.15) is 11.1 Å². The van der Waals surface area contributed by atoms with E-state index in [1.54, 1.807) is 24.3 Å². The number of piperazine rings is 1. The average molecular weight is 362 g/mol. The normalized spacial score (nSPS) is 19.3. The van der Waals surface area contributed by atoms with Crippen molar-refractivity contribution in [2.24, 2.45) is 0 Å². The first-order chi connectivity index (χ1) is 12.0. The van der Waals surface area contributed by atoms with Gasteiger partial charge in [-0.3, -0.25) is 4.79 Å². The number of carbonyl (C=O) groups excluding carboxylic acids is 1. The van der Waals surface area contributed by atoms with Gasteiger partial charge in [0.25, 0.3) is 5.91 Å². The van der Waals surface area contributed by atoms with Crippen LogP contribution in [-0.2, 0) is 10.0 Å². The number of carbonyl (C=O) groups is 1. The van der Waals surface area contributed by atoms with Crippen molar-refractivity contribution >= 4 is 26.9 Å². The highest BCUT2D eigenvalue weighted by Gasteiger charge is 2.41. The molecule has 0 N–H and O–H groups in total. The van der Waals surface area contributed by atoms with Crippen LogP contribution in [0.25, 0.3) is 11.0 Å². The van der Waals surface area contributed by atoms with E-state index >= 15 is 0 Å². The van der Waals surface area contributed by atoms with Crippen LogP contribution in [0.4, 0.5) is 0 Å². The molecule has 7 nitrogen and oxygen atoms in total. The van der Waals surface area contributed by atoms with Crippen molar-refractivity contribution < 1.29 is 17.6 Å². The number of rotatable bonds is 3. The summed E-state index contributed by atoms with van der Waals surface area (Å²) in [5.74, 6) is -0.414. The Morgan fingerprint density at radius 3 is 2.44 bits per heavy atom. The maximum atomic E-state index is 12.7. The zero-order valence-electron chi connectivity index (χ0n) is 13.6. The molecule has 1 aromatic carbocycles. The lowest BCUT2D eigenvalue weighted by atomic mass is 10.1. The van der Waals surface area contributed by atoms with Crippen LogP contribution in [-0.4, -0.2) is 55.0 Å². The van der Waals surface area contributed by atoms with Crippen LogP contribution in [0.2, 0.25) is 0 Å². The minimum Gasteiger partial charge on any atom is -0.422 e. The first-order valence-corrected chi connectivity index (χ1v) is 9.78. The van der Waals surface area contributed by atoms with Crippen molar-refractivity contribution in [3.05, 3.63) is 46.3 Å². The minimum atomic E-state index is -3.22. The minimum absolute atomic E-state index is 0.0165. The van der Waals surface area contributed by atoms with Crippen molar-refractivity contribution in [3.63, 3.8) is 0 Å². The summed E-state index contributed by atoms with van der Waals surface area (Å²) in [5, 5.41) is 0.433. The van der Waals surface area contributed by atoms with Crippen molar-refractivity contribution in [2.45, 2.75) is 18.1 Å². The highest BCUT2D eigenvalue weighted by atomic mass is 32.2. The van der Waals surface area contributed by atoms with Gasteiger partial charge in [-0.15, -0.1) is 0 Å². The van der Waals surface area contributed by atoms with Gasteiger partial charge in [0.05, 0.1) is 5.25 Å². The lowest BCUT2D eigenvalue weighted by molar-refractivity contribution is 0.0693. The third kappa shape index (κ3) is 2.96. The molecule has 2 heterocycles. The number of nitrogens with zero attached hydrogens (tertiary/aromatic N) is 2. The molecule has 0 spiro atoms. The Morgan fingerprint density at radius 2 is 1.76 bits per heavy atom. The monoisotopic (exact) mass is 362 g/mol. The molecule has 1 amide bonds. The molecule has 25 heavy (non-hydrogen) atoms. The van der Waals surface area contributed by atoms with E-state index in [9.17, 15) is 18.0 Å². The van der Waals surface area contributed by atoms with Gasteiger partial charge in [-0.1, -0.05) is 18.2 Å². The third-order valence-corrected chi connectivity index (χ3v) is 7.10. The quantitative estimate of drug-likeness (QED) is 0.762. The lowest BCUT2D eigenvalue weighted by Gasteiger charge is -2.33. The number of amides is 1. The summed E-state index contributed by atoms with van der Waals surface area (Å²) in [7, 11) is -3.22. The summed E-state index contributed by atoms with van der Waals surface area (Å²) in [6.07, 6.45) is 1.44. The fraction of sp³-hybridized carbons (Fsp3) is 0.412. The van der Waals surface area contributed by atoms with Crippen molar-refractivity contribution in [3.8, 4) is 0 Å². The molecular formula is C17H18N2O5S. The van der Waals surface area contributed by atoms with Gasteiger partial charge in [-0.2, -0.15) is 4.31 Å². The van der Waals surface area contributed by atoms with Gasteiger partial charge in [0, 0.05) is 31.6 Å². The van der Waals surface area contributed by atoms with Gasteiger partial charge in [-0.05, 0) is 25.0 Å². The predicted octanol–water partition coefficient (Wildman–Crippen LogP) is 1.04. The number of para-hydroxylation sites is 1. The van der Waals surface area contributed by atoms with Crippen LogP contribution in [0, 0.1) is 0 Å². The lowest BCUT2D eigenvalue weighted by Crippen LogP contribution is -2.51. The van der Waals surface area contributed by atoms with Crippen molar-refractivity contribution in [1.29, 1.82) is 0 Å². The van der Waals surface area contributed by atoms with E-state index in [0.29, 0.717) is 11.0 Å². The molecule has 4 rings (SSSR count). The molecule has 1 aliphatic heterocycles. The van der Waals surface area contributed by atoms with E-state index in [-0.39, 0.29) is 37.0 Å². The maximum Gasteiger partial charge on any atom is 0.349 e. The molecule has 8 heteroatoms. The number of hydrogen-bond donors (Lipinski definition) is 0.